The fraction of sp³-hybridized carbons (Fsp3) is 0.391. The van der Waals surface area contributed by atoms with Crippen molar-refractivity contribution in [2.24, 2.45) is 0 Å². The zero-order chi connectivity index (χ0) is 20.9. The molecule has 0 saturated carbocycles. The van der Waals surface area contributed by atoms with Crippen molar-refractivity contribution >= 4 is 44.2 Å². The van der Waals surface area contributed by atoms with E-state index in [0.29, 0.717) is 13.0 Å². The number of hydrogen-bond acceptors (Lipinski definition) is 5. The fourth-order valence-corrected chi connectivity index (χ4v) is 5.10. The van der Waals surface area contributed by atoms with E-state index in [0.717, 1.165) is 59.5 Å². The summed E-state index contributed by atoms with van der Waals surface area (Å²) in [4.78, 5) is 21.7. The van der Waals surface area contributed by atoms with E-state index in [-0.39, 0.29) is 5.91 Å². The molecule has 2 heterocycles. The minimum atomic E-state index is 0.124. The molecule has 1 N–H and O–H groups in total. The number of nitrogens with one attached hydrogen (secondary N) is 1. The van der Waals surface area contributed by atoms with Crippen molar-refractivity contribution in [2.75, 3.05) is 44.2 Å². The normalized spacial score (nSPS) is 14.9. The highest BCUT2D eigenvalue weighted by molar-refractivity contribution is 7.22. The lowest BCUT2D eigenvalue weighted by Gasteiger charge is -2.34. The SMILES string of the molecule is Cc1ccc(Cl)c2sc(N3CCN(CCNC(=O)CCc4ccccc4)CC3)nc12. The first kappa shape index (κ1) is 21.1. The monoisotopic (exact) mass is 442 g/mol. The van der Waals surface area contributed by atoms with Crippen LogP contribution in [0.3, 0.4) is 0 Å². The summed E-state index contributed by atoms with van der Waals surface area (Å²) < 4.78 is 1.08. The number of carbonyl (C=O) groups is 1. The van der Waals surface area contributed by atoms with Gasteiger partial charge in [-0.1, -0.05) is 59.3 Å². The molecule has 4 rings (SSSR count). The van der Waals surface area contributed by atoms with Crippen molar-refractivity contribution in [1.82, 2.24) is 15.2 Å². The molecule has 0 atom stereocenters. The molecule has 0 aliphatic carbocycles. The molecule has 1 saturated heterocycles. The Hall–Kier alpha value is -2.15. The summed E-state index contributed by atoms with van der Waals surface area (Å²) in [6, 6.07) is 14.1. The number of nitrogens with zero attached hydrogens (tertiary/aromatic N) is 3. The Morgan fingerprint density at radius 3 is 2.63 bits per heavy atom. The Morgan fingerprint density at radius 1 is 1.13 bits per heavy atom. The number of thiazole rings is 1. The van der Waals surface area contributed by atoms with Crippen molar-refractivity contribution < 1.29 is 4.79 Å². The maximum atomic E-state index is 12.1. The van der Waals surface area contributed by atoms with E-state index in [1.807, 2.05) is 30.3 Å². The largest absolute Gasteiger partial charge is 0.355 e. The molecule has 1 aliphatic heterocycles. The van der Waals surface area contributed by atoms with Crippen LogP contribution in [0.15, 0.2) is 42.5 Å². The number of halogens is 1. The molecule has 0 unspecified atom stereocenters. The van der Waals surface area contributed by atoms with Crippen molar-refractivity contribution in [3.05, 3.63) is 58.6 Å². The van der Waals surface area contributed by atoms with Crippen LogP contribution >= 0.6 is 22.9 Å². The average molecular weight is 443 g/mol. The zero-order valence-electron chi connectivity index (χ0n) is 17.2. The van der Waals surface area contributed by atoms with Gasteiger partial charge in [-0.25, -0.2) is 4.98 Å². The van der Waals surface area contributed by atoms with E-state index >= 15 is 0 Å². The van der Waals surface area contributed by atoms with Gasteiger partial charge in [-0.05, 0) is 30.5 Å². The van der Waals surface area contributed by atoms with Gasteiger partial charge in [0.1, 0.15) is 0 Å². The highest BCUT2D eigenvalue weighted by Gasteiger charge is 2.20. The van der Waals surface area contributed by atoms with Crippen molar-refractivity contribution in [1.29, 1.82) is 0 Å². The number of hydrogen-bond donors (Lipinski definition) is 1. The highest BCUT2D eigenvalue weighted by Crippen LogP contribution is 2.35. The number of fused-ring (bicyclic) bond motifs is 1. The molecule has 2 aromatic carbocycles. The third-order valence-corrected chi connectivity index (χ3v) is 7.14. The third kappa shape index (κ3) is 5.12. The Morgan fingerprint density at radius 2 is 1.90 bits per heavy atom. The van der Waals surface area contributed by atoms with Crippen LogP contribution in [0.5, 0.6) is 0 Å². The fourth-order valence-electron chi connectivity index (χ4n) is 3.73. The minimum absolute atomic E-state index is 0.124. The first-order valence-corrected chi connectivity index (χ1v) is 11.6. The molecule has 30 heavy (non-hydrogen) atoms. The molecule has 0 radical (unpaired) electrons. The molecule has 1 fully saturated rings. The van der Waals surface area contributed by atoms with Gasteiger partial charge in [0.15, 0.2) is 5.13 Å². The molecule has 1 amide bonds. The van der Waals surface area contributed by atoms with E-state index in [1.165, 1.54) is 11.1 Å². The molecule has 1 aromatic heterocycles. The summed E-state index contributed by atoms with van der Waals surface area (Å²) in [5.41, 5.74) is 3.39. The number of piperazine rings is 1. The second-order valence-corrected chi connectivity index (χ2v) is 9.09. The summed E-state index contributed by atoms with van der Waals surface area (Å²) >= 11 is 8.03. The van der Waals surface area contributed by atoms with Gasteiger partial charge >= 0.3 is 0 Å². The molecular weight excluding hydrogens is 416 g/mol. The predicted molar refractivity (Wildman–Crippen MR) is 126 cm³/mol. The molecule has 5 nitrogen and oxygen atoms in total. The van der Waals surface area contributed by atoms with Gasteiger partial charge in [0, 0.05) is 45.7 Å². The van der Waals surface area contributed by atoms with E-state index in [1.54, 1.807) is 11.3 Å². The number of benzene rings is 2. The Kier molecular flexibility index (Phi) is 6.87. The van der Waals surface area contributed by atoms with Crippen molar-refractivity contribution in [2.45, 2.75) is 19.8 Å². The van der Waals surface area contributed by atoms with Gasteiger partial charge in [-0.3, -0.25) is 9.69 Å². The van der Waals surface area contributed by atoms with Crippen LogP contribution in [0.4, 0.5) is 5.13 Å². The number of rotatable bonds is 7. The van der Waals surface area contributed by atoms with E-state index in [4.69, 9.17) is 16.6 Å². The first-order chi connectivity index (χ1) is 14.6. The standard InChI is InChI=1S/C23H27ClN4OS/c1-17-7-9-19(24)22-21(17)26-23(30-22)28-15-13-27(14-16-28)12-11-25-20(29)10-8-18-5-3-2-4-6-18/h2-7,9H,8,10-16H2,1H3,(H,25,29). The Bertz CT molecular complexity index is 960. The molecule has 7 heteroatoms. The topological polar surface area (TPSA) is 48.5 Å². The zero-order valence-corrected chi connectivity index (χ0v) is 18.8. The quantitative estimate of drug-likeness (QED) is 0.597. The van der Waals surface area contributed by atoms with Crippen LogP contribution in [0.25, 0.3) is 10.2 Å². The minimum Gasteiger partial charge on any atom is -0.355 e. The molecule has 0 spiro atoms. The Labute approximate surface area is 186 Å². The van der Waals surface area contributed by atoms with E-state index in [2.05, 4.69) is 34.2 Å². The van der Waals surface area contributed by atoms with Crippen LogP contribution in [-0.2, 0) is 11.2 Å². The van der Waals surface area contributed by atoms with Crippen molar-refractivity contribution in [3.63, 3.8) is 0 Å². The number of aryl methyl sites for hydroxylation is 2. The van der Waals surface area contributed by atoms with Gasteiger partial charge in [0.2, 0.25) is 5.91 Å². The summed E-state index contributed by atoms with van der Waals surface area (Å²) in [5, 5.41) is 4.88. The number of anilines is 1. The number of carbonyl (C=O) groups excluding carboxylic acids is 1. The van der Waals surface area contributed by atoms with Crippen LogP contribution in [-0.4, -0.2) is 55.1 Å². The third-order valence-electron chi connectivity index (χ3n) is 5.56. The van der Waals surface area contributed by atoms with Crippen LogP contribution in [0.2, 0.25) is 5.02 Å². The van der Waals surface area contributed by atoms with Crippen LogP contribution in [0.1, 0.15) is 17.5 Å². The average Bonchev–Trinajstić information content (AvgIpc) is 3.23. The lowest BCUT2D eigenvalue weighted by Crippen LogP contribution is -2.48. The predicted octanol–water partition coefficient (Wildman–Crippen LogP) is 4.13. The van der Waals surface area contributed by atoms with Gasteiger partial charge in [-0.15, -0.1) is 0 Å². The summed E-state index contributed by atoms with van der Waals surface area (Å²) in [6.45, 7) is 7.50. The van der Waals surface area contributed by atoms with Gasteiger partial charge in [-0.2, -0.15) is 0 Å². The molecule has 158 valence electrons. The second-order valence-electron chi connectivity index (χ2n) is 7.70. The lowest BCUT2D eigenvalue weighted by atomic mass is 10.1. The van der Waals surface area contributed by atoms with Gasteiger partial charge < -0.3 is 10.2 Å². The van der Waals surface area contributed by atoms with Crippen LogP contribution in [0, 0.1) is 6.92 Å². The molecule has 0 bridgehead atoms. The van der Waals surface area contributed by atoms with Crippen molar-refractivity contribution in [3.8, 4) is 0 Å². The van der Waals surface area contributed by atoms with E-state index < -0.39 is 0 Å². The first-order valence-electron chi connectivity index (χ1n) is 10.4. The Balaban J connectivity index is 1.20. The second kappa shape index (κ2) is 9.77. The smallest absolute Gasteiger partial charge is 0.220 e. The number of amides is 1. The number of aromatic nitrogens is 1. The summed E-state index contributed by atoms with van der Waals surface area (Å²) in [6.07, 6.45) is 1.33. The van der Waals surface area contributed by atoms with E-state index in [9.17, 15) is 4.79 Å². The molecule has 1 aliphatic rings. The van der Waals surface area contributed by atoms with Gasteiger partial charge in [0.05, 0.1) is 15.2 Å². The molecular formula is C23H27ClN4OS. The van der Waals surface area contributed by atoms with Gasteiger partial charge in [0.25, 0.3) is 0 Å². The highest BCUT2D eigenvalue weighted by atomic mass is 35.5. The lowest BCUT2D eigenvalue weighted by molar-refractivity contribution is -0.121. The maximum Gasteiger partial charge on any atom is 0.220 e. The summed E-state index contributed by atoms with van der Waals surface area (Å²) in [5.74, 6) is 0.124. The molecule has 3 aromatic rings. The maximum absolute atomic E-state index is 12.1. The summed E-state index contributed by atoms with van der Waals surface area (Å²) in [7, 11) is 0. The van der Waals surface area contributed by atoms with Crippen LogP contribution < -0.4 is 10.2 Å².